The maximum Gasteiger partial charge on any atom is 0.308 e. The molecule has 1 aromatic carbocycles. The van der Waals surface area contributed by atoms with Crippen LogP contribution in [0.4, 0.5) is 10.1 Å². The summed E-state index contributed by atoms with van der Waals surface area (Å²) < 4.78 is 19.3. The first-order chi connectivity index (χ1) is 12.9. The lowest BCUT2D eigenvalue weighted by Crippen LogP contribution is -2.24. The van der Waals surface area contributed by atoms with Gasteiger partial charge in [-0.15, -0.1) is 11.3 Å². The molecule has 7 nitrogen and oxygen atoms in total. The van der Waals surface area contributed by atoms with Gasteiger partial charge in [0, 0.05) is 12.2 Å². The highest BCUT2D eigenvalue weighted by Gasteiger charge is 2.11. The number of ether oxygens (including phenoxy) is 1. The van der Waals surface area contributed by atoms with Crippen LogP contribution in [0.5, 0.6) is 0 Å². The van der Waals surface area contributed by atoms with Crippen LogP contribution in [0.1, 0.15) is 6.42 Å². The van der Waals surface area contributed by atoms with Gasteiger partial charge in [0.2, 0.25) is 0 Å². The molecule has 0 radical (unpaired) electrons. The third kappa shape index (κ3) is 4.69. The van der Waals surface area contributed by atoms with E-state index in [9.17, 15) is 18.8 Å². The van der Waals surface area contributed by atoms with Gasteiger partial charge in [0.1, 0.15) is 10.6 Å². The van der Waals surface area contributed by atoms with Crippen molar-refractivity contribution in [3.05, 3.63) is 57.2 Å². The number of nitrogens with zero attached hydrogens (tertiary/aromatic N) is 2. The number of anilines is 1. The van der Waals surface area contributed by atoms with E-state index in [-0.39, 0.29) is 29.2 Å². The van der Waals surface area contributed by atoms with Crippen LogP contribution in [0, 0.1) is 5.82 Å². The molecule has 0 unspecified atom stereocenters. The first-order valence-electron chi connectivity index (χ1n) is 7.77. The Morgan fingerprint density at radius 1 is 1.33 bits per heavy atom. The van der Waals surface area contributed by atoms with Gasteiger partial charge < -0.3 is 10.1 Å². The minimum Gasteiger partial charge on any atom is -0.456 e. The molecule has 0 bridgehead atoms. The fourth-order valence-corrected chi connectivity index (χ4v) is 3.16. The number of carbonyl (C=O) groups is 2. The Morgan fingerprint density at radius 2 is 2.15 bits per heavy atom. The van der Waals surface area contributed by atoms with Crippen molar-refractivity contribution in [1.82, 2.24) is 9.55 Å². The van der Waals surface area contributed by atoms with E-state index < -0.39 is 24.3 Å². The van der Waals surface area contributed by atoms with Crippen LogP contribution in [-0.4, -0.2) is 28.0 Å². The van der Waals surface area contributed by atoms with E-state index >= 15 is 0 Å². The number of hydrogen-bond acceptors (Lipinski definition) is 6. The van der Waals surface area contributed by atoms with Gasteiger partial charge in [-0.1, -0.05) is 11.6 Å². The molecule has 3 rings (SSSR count). The first kappa shape index (κ1) is 19.0. The molecule has 140 valence electrons. The van der Waals surface area contributed by atoms with E-state index in [0.29, 0.717) is 10.2 Å². The third-order valence-electron chi connectivity index (χ3n) is 3.57. The number of carbonyl (C=O) groups excluding carboxylic acids is 2. The molecule has 0 spiro atoms. The molecular formula is C17H13ClFN3O4S. The molecule has 0 aliphatic carbocycles. The van der Waals surface area contributed by atoms with Crippen molar-refractivity contribution < 1.29 is 18.7 Å². The normalized spacial score (nSPS) is 10.7. The maximum absolute atomic E-state index is 13.1. The largest absolute Gasteiger partial charge is 0.456 e. The summed E-state index contributed by atoms with van der Waals surface area (Å²) in [7, 11) is 0. The van der Waals surface area contributed by atoms with Crippen molar-refractivity contribution in [2.45, 2.75) is 13.0 Å². The van der Waals surface area contributed by atoms with Crippen molar-refractivity contribution in [3.63, 3.8) is 0 Å². The lowest BCUT2D eigenvalue weighted by Gasteiger charge is -2.08. The Labute approximate surface area is 161 Å². The number of benzene rings is 1. The molecular weight excluding hydrogens is 397 g/mol. The van der Waals surface area contributed by atoms with Crippen LogP contribution in [0.25, 0.3) is 10.2 Å². The zero-order valence-corrected chi connectivity index (χ0v) is 15.3. The smallest absolute Gasteiger partial charge is 0.308 e. The lowest BCUT2D eigenvalue weighted by atomic mass is 10.3. The minimum absolute atomic E-state index is 0.0889. The molecule has 1 amide bonds. The highest BCUT2D eigenvalue weighted by Crippen LogP contribution is 2.19. The number of hydrogen-bond donors (Lipinski definition) is 1. The molecule has 2 heterocycles. The Morgan fingerprint density at radius 3 is 2.93 bits per heavy atom. The van der Waals surface area contributed by atoms with Crippen LogP contribution in [0.3, 0.4) is 0 Å². The second-order valence-corrected chi connectivity index (χ2v) is 6.77. The number of aryl methyl sites for hydroxylation is 1. The standard InChI is InChI=1S/C17H13ClFN3O4S/c18-12-7-10(1-2-13(12)19)21-14(23)8-26-15(24)3-5-22-9-20-16-11(17(22)25)4-6-27-16/h1-2,4,6-7,9H,3,5,8H2,(H,21,23). The third-order valence-corrected chi connectivity index (χ3v) is 4.69. The van der Waals surface area contributed by atoms with E-state index in [1.165, 1.54) is 34.4 Å². The number of esters is 1. The van der Waals surface area contributed by atoms with E-state index in [2.05, 4.69) is 10.3 Å². The molecule has 0 saturated heterocycles. The predicted octanol–water partition coefficient (Wildman–Crippen LogP) is 2.82. The van der Waals surface area contributed by atoms with Gasteiger partial charge in [-0.3, -0.25) is 19.0 Å². The van der Waals surface area contributed by atoms with Gasteiger partial charge in [0.25, 0.3) is 11.5 Å². The molecule has 0 atom stereocenters. The van der Waals surface area contributed by atoms with Gasteiger partial charge in [0.15, 0.2) is 6.61 Å². The summed E-state index contributed by atoms with van der Waals surface area (Å²) in [5, 5.41) is 4.56. The zero-order chi connectivity index (χ0) is 19.4. The number of rotatable bonds is 6. The van der Waals surface area contributed by atoms with E-state index in [0.717, 1.165) is 6.07 Å². The van der Waals surface area contributed by atoms with Crippen LogP contribution in [0.2, 0.25) is 5.02 Å². The molecule has 27 heavy (non-hydrogen) atoms. The molecule has 0 aliphatic rings. The van der Waals surface area contributed by atoms with Crippen molar-refractivity contribution >= 4 is 50.7 Å². The molecule has 3 aromatic rings. The highest BCUT2D eigenvalue weighted by atomic mass is 35.5. The van der Waals surface area contributed by atoms with Crippen molar-refractivity contribution in [2.24, 2.45) is 0 Å². The summed E-state index contributed by atoms with van der Waals surface area (Å²) in [5.74, 6) is -1.84. The Balaban J connectivity index is 1.48. The van der Waals surface area contributed by atoms with E-state index in [1.54, 1.807) is 11.4 Å². The lowest BCUT2D eigenvalue weighted by molar-refractivity contribution is -0.147. The van der Waals surface area contributed by atoms with Crippen molar-refractivity contribution in [2.75, 3.05) is 11.9 Å². The number of amides is 1. The molecule has 0 fully saturated rings. The fourth-order valence-electron chi connectivity index (χ4n) is 2.25. The highest BCUT2D eigenvalue weighted by molar-refractivity contribution is 7.16. The van der Waals surface area contributed by atoms with Crippen LogP contribution in [0.15, 0.2) is 40.8 Å². The van der Waals surface area contributed by atoms with Gasteiger partial charge >= 0.3 is 5.97 Å². The molecule has 10 heteroatoms. The average Bonchev–Trinajstić information content (AvgIpc) is 3.12. The van der Waals surface area contributed by atoms with Gasteiger partial charge in [-0.05, 0) is 29.6 Å². The first-order valence-corrected chi connectivity index (χ1v) is 9.03. The summed E-state index contributed by atoms with van der Waals surface area (Å²) in [6.45, 7) is -0.420. The monoisotopic (exact) mass is 409 g/mol. The molecule has 0 saturated carbocycles. The quantitative estimate of drug-likeness (QED) is 0.632. The van der Waals surface area contributed by atoms with Gasteiger partial charge in [-0.25, -0.2) is 9.37 Å². The average molecular weight is 410 g/mol. The second-order valence-electron chi connectivity index (χ2n) is 5.47. The van der Waals surface area contributed by atoms with E-state index in [4.69, 9.17) is 16.3 Å². The maximum atomic E-state index is 13.1. The number of aromatic nitrogens is 2. The topological polar surface area (TPSA) is 90.3 Å². The molecule has 2 aromatic heterocycles. The van der Waals surface area contributed by atoms with Crippen molar-refractivity contribution in [1.29, 1.82) is 0 Å². The van der Waals surface area contributed by atoms with E-state index in [1.807, 2.05) is 0 Å². The summed E-state index contributed by atoms with van der Waals surface area (Å²) >= 11 is 6.98. The number of nitrogens with one attached hydrogen (secondary N) is 1. The predicted molar refractivity (Wildman–Crippen MR) is 99.5 cm³/mol. The van der Waals surface area contributed by atoms with Gasteiger partial charge in [0.05, 0.1) is 23.2 Å². The Hall–Kier alpha value is -2.78. The Bertz CT molecular complexity index is 1070. The number of fused-ring (bicyclic) bond motifs is 1. The minimum atomic E-state index is -0.639. The van der Waals surface area contributed by atoms with Crippen LogP contribution < -0.4 is 10.9 Å². The molecule has 1 N–H and O–H groups in total. The zero-order valence-electron chi connectivity index (χ0n) is 13.8. The second kappa shape index (κ2) is 8.28. The van der Waals surface area contributed by atoms with Gasteiger partial charge in [-0.2, -0.15) is 0 Å². The Kier molecular flexibility index (Phi) is 5.82. The SMILES string of the molecule is O=C(COC(=O)CCn1cnc2sccc2c1=O)Nc1ccc(F)c(Cl)c1. The summed E-state index contributed by atoms with van der Waals surface area (Å²) in [5.41, 5.74) is 0.0455. The number of thiophene rings is 1. The number of halogens is 2. The van der Waals surface area contributed by atoms with Crippen LogP contribution in [-0.2, 0) is 20.9 Å². The summed E-state index contributed by atoms with van der Waals surface area (Å²) in [4.78, 5) is 40.5. The fraction of sp³-hybridized carbons (Fsp3) is 0.176. The van der Waals surface area contributed by atoms with Crippen LogP contribution >= 0.6 is 22.9 Å². The molecule has 0 aliphatic heterocycles. The van der Waals surface area contributed by atoms with Crippen molar-refractivity contribution in [3.8, 4) is 0 Å². The summed E-state index contributed by atoms with van der Waals surface area (Å²) in [6, 6.07) is 5.37. The summed E-state index contributed by atoms with van der Waals surface area (Å²) in [6.07, 6.45) is 1.28.